The molecule has 1 fully saturated rings. The molecular weight excluding hydrogens is 269 g/mol. The van der Waals surface area contributed by atoms with E-state index in [9.17, 15) is 4.39 Å². The van der Waals surface area contributed by atoms with Crippen molar-refractivity contribution in [2.75, 3.05) is 0 Å². The van der Waals surface area contributed by atoms with Crippen molar-refractivity contribution in [3.63, 3.8) is 0 Å². The van der Waals surface area contributed by atoms with Crippen molar-refractivity contribution in [2.45, 2.75) is 45.1 Å². The first-order chi connectivity index (χ1) is 10.1. The smallest absolute Gasteiger partial charge is 0.244 e. The highest BCUT2D eigenvalue weighted by molar-refractivity contribution is 5.59. The Morgan fingerprint density at radius 1 is 1.29 bits per heavy atom. The Bertz CT molecular complexity index is 620. The van der Waals surface area contributed by atoms with E-state index in [4.69, 9.17) is 10.3 Å². The molecule has 3 rings (SSSR count). The van der Waals surface area contributed by atoms with Crippen LogP contribution in [0, 0.1) is 18.7 Å². The highest BCUT2D eigenvalue weighted by Crippen LogP contribution is 2.33. The SMILES string of the molecule is Cc1ccc(F)cc1-c1noc(C(N)C2CCCCC2)n1. The van der Waals surface area contributed by atoms with Crippen molar-refractivity contribution in [3.05, 3.63) is 35.5 Å². The Kier molecular flexibility index (Phi) is 4.01. The third-order valence-corrected chi connectivity index (χ3v) is 4.33. The molecule has 2 aromatic rings. The van der Waals surface area contributed by atoms with Crippen LogP contribution in [0.25, 0.3) is 11.4 Å². The van der Waals surface area contributed by atoms with Crippen molar-refractivity contribution in [3.8, 4) is 11.4 Å². The number of hydrogen-bond donors (Lipinski definition) is 1. The molecule has 21 heavy (non-hydrogen) atoms. The summed E-state index contributed by atoms with van der Waals surface area (Å²) in [6.45, 7) is 1.89. The van der Waals surface area contributed by atoms with Gasteiger partial charge in [0.25, 0.3) is 0 Å². The van der Waals surface area contributed by atoms with Gasteiger partial charge in [-0.2, -0.15) is 4.98 Å². The van der Waals surface area contributed by atoms with Crippen molar-refractivity contribution in [2.24, 2.45) is 11.7 Å². The summed E-state index contributed by atoms with van der Waals surface area (Å²) in [6, 6.07) is 4.34. The largest absolute Gasteiger partial charge is 0.337 e. The molecule has 0 aliphatic heterocycles. The molecule has 1 aromatic heterocycles. The summed E-state index contributed by atoms with van der Waals surface area (Å²) in [4.78, 5) is 4.39. The fraction of sp³-hybridized carbons (Fsp3) is 0.500. The van der Waals surface area contributed by atoms with Gasteiger partial charge < -0.3 is 10.3 Å². The second-order valence-electron chi connectivity index (χ2n) is 5.84. The molecule has 1 aliphatic rings. The molecule has 1 atom stereocenters. The monoisotopic (exact) mass is 289 g/mol. The van der Waals surface area contributed by atoms with Gasteiger partial charge in [-0.25, -0.2) is 4.39 Å². The van der Waals surface area contributed by atoms with E-state index in [0.29, 0.717) is 23.2 Å². The first-order valence-electron chi connectivity index (χ1n) is 7.51. The second kappa shape index (κ2) is 5.93. The van der Waals surface area contributed by atoms with Gasteiger partial charge in [0.15, 0.2) is 0 Å². The average Bonchev–Trinajstić information content (AvgIpc) is 2.99. The van der Waals surface area contributed by atoms with Crippen LogP contribution in [0.2, 0.25) is 0 Å². The number of nitrogens with two attached hydrogens (primary N) is 1. The van der Waals surface area contributed by atoms with Crippen LogP contribution in [0.3, 0.4) is 0 Å². The highest BCUT2D eigenvalue weighted by atomic mass is 19.1. The Labute approximate surface area is 123 Å². The van der Waals surface area contributed by atoms with Crippen molar-refractivity contribution in [1.82, 2.24) is 10.1 Å². The van der Waals surface area contributed by atoms with Crippen LogP contribution in [0.4, 0.5) is 4.39 Å². The molecule has 0 amide bonds. The van der Waals surface area contributed by atoms with Crippen LogP contribution in [0.15, 0.2) is 22.7 Å². The van der Waals surface area contributed by atoms with Crippen LogP contribution < -0.4 is 5.73 Å². The summed E-state index contributed by atoms with van der Waals surface area (Å²) < 4.78 is 18.7. The molecule has 4 nitrogen and oxygen atoms in total. The molecule has 0 saturated heterocycles. The minimum Gasteiger partial charge on any atom is -0.337 e. The molecule has 1 heterocycles. The molecule has 1 aromatic carbocycles. The number of hydrogen-bond acceptors (Lipinski definition) is 4. The van der Waals surface area contributed by atoms with Crippen molar-refractivity contribution >= 4 is 0 Å². The van der Waals surface area contributed by atoms with Gasteiger partial charge in [-0.15, -0.1) is 0 Å². The number of aryl methyl sites for hydroxylation is 1. The van der Waals surface area contributed by atoms with Gasteiger partial charge in [-0.3, -0.25) is 0 Å². The molecule has 1 aliphatic carbocycles. The maximum absolute atomic E-state index is 13.4. The number of benzene rings is 1. The summed E-state index contributed by atoms with van der Waals surface area (Å²) in [5.74, 6) is 0.966. The maximum atomic E-state index is 13.4. The summed E-state index contributed by atoms with van der Waals surface area (Å²) >= 11 is 0. The summed E-state index contributed by atoms with van der Waals surface area (Å²) in [5.41, 5.74) is 7.82. The minimum atomic E-state index is -0.307. The number of rotatable bonds is 3. The van der Waals surface area contributed by atoms with Gasteiger partial charge in [0.05, 0.1) is 6.04 Å². The van der Waals surface area contributed by atoms with E-state index in [1.165, 1.54) is 31.4 Å². The van der Waals surface area contributed by atoms with E-state index in [1.54, 1.807) is 6.07 Å². The van der Waals surface area contributed by atoms with Crippen LogP contribution >= 0.6 is 0 Å². The summed E-state index contributed by atoms with van der Waals surface area (Å²) in [5, 5.41) is 3.97. The van der Waals surface area contributed by atoms with Gasteiger partial charge in [0.1, 0.15) is 5.82 Å². The molecule has 0 spiro atoms. The Morgan fingerprint density at radius 2 is 2.05 bits per heavy atom. The quantitative estimate of drug-likeness (QED) is 0.934. The lowest BCUT2D eigenvalue weighted by Gasteiger charge is -2.24. The zero-order chi connectivity index (χ0) is 14.8. The van der Waals surface area contributed by atoms with E-state index in [2.05, 4.69) is 10.1 Å². The lowest BCUT2D eigenvalue weighted by atomic mass is 9.84. The first kappa shape index (κ1) is 14.2. The Balaban J connectivity index is 1.84. The van der Waals surface area contributed by atoms with E-state index < -0.39 is 0 Å². The van der Waals surface area contributed by atoms with Gasteiger partial charge in [-0.05, 0) is 43.4 Å². The van der Waals surface area contributed by atoms with Crippen LogP contribution in [-0.2, 0) is 0 Å². The van der Waals surface area contributed by atoms with Crippen LogP contribution in [-0.4, -0.2) is 10.1 Å². The van der Waals surface area contributed by atoms with Crippen LogP contribution in [0.1, 0.15) is 49.6 Å². The van der Waals surface area contributed by atoms with E-state index >= 15 is 0 Å². The molecule has 1 saturated carbocycles. The van der Waals surface area contributed by atoms with Crippen molar-refractivity contribution in [1.29, 1.82) is 0 Å². The third-order valence-electron chi connectivity index (χ3n) is 4.33. The standard InChI is InChI=1S/C16H20FN3O/c1-10-7-8-12(17)9-13(10)15-19-16(21-20-15)14(18)11-5-3-2-4-6-11/h7-9,11,14H,2-6,18H2,1H3. The zero-order valence-corrected chi connectivity index (χ0v) is 12.2. The molecule has 112 valence electrons. The van der Waals surface area contributed by atoms with Gasteiger partial charge in [0, 0.05) is 5.56 Å². The Morgan fingerprint density at radius 3 is 2.81 bits per heavy atom. The van der Waals surface area contributed by atoms with Crippen LogP contribution in [0.5, 0.6) is 0 Å². The third kappa shape index (κ3) is 2.97. The minimum absolute atomic E-state index is 0.222. The van der Waals surface area contributed by atoms with E-state index in [-0.39, 0.29) is 11.9 Å². The average molecular weight is 289 g/mol. The van der Waals surface area contributed by atoms with Crippen molar-refractivity contribution < 1.29 is 8.91 Å². The first-order valence-corrected chi connectivity index (χ1v) is 7.51. The highest BCUT2D eigenvalue weighted by Gasteiger charge is 2.26. The molecule has 0 bridgehead atoms. The topological polar surface area (TPSA) is 64.9 Å². The maximum Gasteiger partial charge on any atom is 0.244 e. The zero-order valence-electron chi connectivity index (χ0n) is 12.2. The van der Waals surface area contributed by atoms with E-state index in [0.717, 1.165) is 18.4 Å². The normalized spacial score (nSPS) is 17.9. The predicted molar refractivity (Wildman–Crippen MR) is 77.9 cm³/mol. The lowest BCUT2D eigenvalue weighted by molar-refractivity contribution is 0.255. The number of halogens is 1. The molecular formula is C16H20FN3O. The second-order valence-corrected chi connectivity index (χ2v) is 5.84. The number of aromatic nitrogens is 2. The predicted octanol–water partition coefficient (Wildman–Crippen LogP) is 3.76. The lowest BCUT2D eigenvalue weighted by Crippen LogP contribution is -2.23. The van der Waals surface area contributed by atoms with Gasteiger partial charge >= 0.3 is 0 Å². The van der Waals surface area contributed by atoms with Gasteiger partial charge in [-0.1, -0.05) is 30.5 Å². The summed E-state index contributed by atoms with van der Waals surface area (Å²) in [7, 11) is 0. The molecule has 1 unspecified atom stereocenters. The summed E-state index contributed by atoms with van der Waals surface area (Å²) in [6.07, 6.45) is 5.92. The fourth-order valence-corrected chi connectivity index (χ4v) is 3.01. The fourth-order valence-electron chi connectivity index (χ4n) is 3.01. The molecule has 0 radical (unpaired) electrons. The Hall–Kier alpha value is -1.75. The molecule has 5 heteroatoms. The number of nitrogens with zero attached hydrogens (tertiary/aromatic N) is 2. The van der Waals surface area contributed by atoms with Gasteiger partial charge in [0.2, 0.25) is 11.7 Å². The molecule has 2 N–H and O–H groups in total. The van der Waals surface area contributed by atoms with E-state index in [1.807, 2.05) is 6.92 Å².